The zero-order valence-electron chi connectivity index (χ0n) is 20.4. The number of carboxylic acid groups (broad SMARTS) is 1. The highest BCUT2D eigenvalue weighted by Crippen LogP contribution is 2.19. The fraction of sp³-hybridized carbons (Fsp3) is 0.519. The van der Waals surface area contributed by atoms with Crippen LogP contribution in [0.15, 0.2) is 70.2 Å². The van der Waals surface area contributed by atoms with Gasteiger partial charge in [0.1, 0.15) is 12.4 Å². The predicted molar refractivity (Wildman–Crippen MR) is 139 cm³/mol. The first-order valence-electron chi connectivity index (χ1n) is 12.4. The van der Waals surface area contributed by atoms with Gasteiger partial charge >= 0.3 is 5.97 Å². The SMILES string of the molecule is C=CCN1CCN(C(O)C2=C/CN=C(CCCCC(=O)O)C(C3=CCC(F)C=C3)=NC/C=C\2)CC1. The minimum absolute atomic E-state index is 0.116. The lowest BCUT2D eigenvalue weighted by atomic mass is 9.95. The maximum absolute atomic E-state index is 13.6. The molecule has 1 aliphatic carbocycles. The summed E-state index contributed by atoms with van der Waals surface area (Å²) < 4.78 is 13.6. The molecule has 0 aromatic heterocycles. The number of alkyl halides is 1. The Labute approximate surface area is 207 Å². The summed E-state index contributed by atoms with van der Waals surface area (Å²) in [6.45, 7) is 8.76. The molecule has 0 bridgehead atoms. The van der Waals surface area contributed by atoms with Crippen molar-refractivity contribution in [3.05, 3.63) is 60.3 Å². The normalized spacial score (nSPS) is 25.5. The molecule has 3 rings (SSSR count). The number of halogens is 1. The molecule has 2 aliphatic heterocycles. The number of carboxylic acids is 1. The standard InChI is InChI=1S/C27H37FN4O3/c1-2-16-31-17-19-32(20-18-31)27(35)22-6-5-14-30-26(21-9-11-23(28)12-10-21)24(29-15-13-22)7-3-4-8-25(33)34/h2,5-6,9-11,13,23,27,35H,1,3-4,7-8,12,14-20H2,(H,33,34)/b6-5-,22-13+,29-24?,30-26?. The second kappa shape index (κ2) is 14.0. The number of aliphatic carboxylic acids is 1. The second-order valence-corrected chi connectivity index (χ2v) is 8.95. The number of nitrogens with zero attached hydrogens (tertiary/aromatic N) is 4. The molecule has 8 heteroatoms. The van der Waals surface area contributed by atoms with Gasteiger partial charge in [0.15, 0.2) is 0 Å². The fourth-order valence-electron chi connectivity index (χ4n) is 4.40. The Morgan fingerprint density at radius 1 is 1.17 bits per heavy atom. The van der Waals surface area contributed by atoms with Gasteiger partial charge in [-0.25, -0.2) is 4.39 Å². The maximum Gasteiger partial charge on any atom is 0.303 e. The van der Waals surface area contributed by atoms with Crippen molar-refractivity contribution in [3.8, 4) is 0 Å². The molecule has 1 saturated heterocycles. The molecule has 0 aromatic carbocycles. The fourth-order valence-corrected chi connectivity index (χ4v) is 4.40. The van der Waals surface area contributed by atoms with Crippen LogP contribution in [-0.4, -0.2) is 95.6 Å². The number of hydrogen-bond acceptors (Lipinski definition) is 6. The third-order valence-electron chi connectivity index (χ3n) is 6.36. The summed E-state index contributed by atoms with van der Waals surface area (Å²) in [6.07, 6.45) is 13.4. The van der Waals surface area contributed by atoms with Gasteiger partial charge < -0.3 is 10.2 Å². The number of carbonyl (C=O) groups is 1. The Morgan fingerprint density at radius 2 is 1.97 bits per heavy atom. The first-order chi connectivity index (χ1) is 17.0. The summed E-state index contributed by atoms with van der Waals surface area (Å²) in [5.41, 5.74) is 3.18. The van der Waals surface area contributed by atoms with Gasteiger partial charge in [-0.3, -0.25) is 24.6 Å². The van der Waals surface area contributed by atoms with Crippen LogP contribution in [-0.2, 0) is 4.79 Å². The van der Waals surface area contributed by atoms with E-state index in [1.165, 1.54) is 6.08 Å². The van der Waals surface area contributed by atoms with Gasteiger partial charge in [0.25, 0.3) is 0 Å². The zero-order valence-corrected chi connectivity index (χ0v) is 20.4. The molecule has 190 valence electrons. The van der Waals surface area contributed by atoms with Crippen molar-refractivity contribution in [2.75, 3.05) is 45.8 Å². The van der Waals surface area contributed by atoms with Gasteiger partial charge in [-0.1, -0.05) is 36.5 Å². The van der Waals surface area contributed by atoms with Crippen molar-refractivity contribution < 1.29 is 19.4 Å². The highest BCUT2D eigenvalue weighted by molar-refractivity contribution is 6.49. The van der Waals surface area contributed by atoms with E-state index in [-0.39, 0.29) is 6.42 Å². The van der Waals surface area contributed by atoms with Gasteiger partial charge in [-0.05, 0) is 36.5 Å². The first-order valence-corrected chi connectivity index (χ1v) is 12.4. The van der Waals surface area contributed by atoms with Gasteiger partial charge in [-0.2, -0.15) is 0 Å². The summed E-state index contributed by atoms with van der Waals surface area (Å²) in [4.78, 5) is 24.8. The molecule has 0 spiro atoms. The van der Waals surface area contributed by atoms with Crippen LogP contribution in [0.3, 0.4) is 0 Å². The Balaban J connectivity index is 1.74. The van der Waals surface area contributed by atoms with Crippen LogP contribution < -0.4 is 0 Å². The van der Waals surface area contributed by atoms with E-state index in [4.69, 9.17) is 15.1 Å². The van der Waals surface area contributed by atoms with Crippen molar-refractivity contribution in [3.63, 3.8) is 0 Å². The van der Waals surface area contributed by atoms with Gasteiger partial charge in [0, 0.05) is 45.6 Å². The molecule has 35 heavy (non-hydrogen) atoms. The van der Waals surface area contributed by atoms with E-state index in [9.17, 15) is 14.3 Å². The van der Waals surface area contributed by atoms with Crippen LogP contribution in [0.25, 0.3) is 0 Å². The molecule has 2 N–H and O–H groups in total. The van der Waals surface area contributed by atoms with Gasteiger partial charge in [0.2, 0.25) is 0 Å². The van der Waals surface area contributed by atoms with Crippen LogP contribution >= 0.6 is 0 Å². The number of aliphatic hydroxyl groups is 1. The highest BCUT2D eigenvalue weighted by Gasteiger charge is 2.23. The lowest BCUT2D eigenvalue weighted by molar-refractivity contribution is -0.137. The smallest absolute Gasteiger partial charge is 0.303 e. The second-order valence-electron chi connectivity index (χ2n) is 8.95. The Morgan fingerprint density at radius 3 is 2.66 bits per heavy atom. The number of allylic oxidation sites excluding steroid dienone is 4. The van der Waals surface area contributed by atoms with Crippen LogP contribution in [0.2, 0.25) is 0 Å². The summed E-state index contributed by atoms with van der Waals surface area (Å²) in [6, 6.07) is 0. The molecule has 0 aromatic rings. The number of rotatable bonds is 10. The third-order valence-corrected chi connectivity index (χ3v) is 6.36. The topological polar surface area (TPSA) is 88.7 Å². The van der Waals surface area contributed by atoms with E-state index in [1.54, 1.807) is 6.08 Å². The van der Waals surface area contributed by atoms with Crippen molar-refractivity contribution in [2.24, 2.45) is 9.98 Å². The minimum Gasteiger partial charge on any atom is -0.481 e. The Hall–Kier alpha value is -2.68. The van der Waals surface area contributed by atoms with Crippen molar-refractivity contribution in [1.29, 1.82) is 0 Å². The first kappa shape index (κ1) is 26.9. The quantitative estimate of drug-likeness (QED) is 0.367. The lowest BCUT2D eigenvalue weighted by Crippen LogP contribution is -2.50. The molecule has 1 fully saturated rings. The molecule has 0 amide bonds. The summed E-state index contributed by atoms with van der Waals surface area (Å²) in [5.74, 6) is -0.810. The number of unbranched alkanes of at least 4 members (excludes halogenated alkanes) is 1. The zero-order chi connectivity index (χ0) is 25.0. The largest absolute Gasteiger partial charge is 0.481 e. The number of aliphatic hydroxyl groups excluding tert-OH is 1. The Kier molecular flexibility index (Phi) is 10.8. The van der Waals surface area contributed by atoms with Crippen molar-refractivity contribution in [2.45, 2.75) is 44.5 Å². The van der Waals surface area contributed by atoms with Crippen LogP contribution in [0.1, 0.15) is 32.1 Å². The molecule has 2 atom stereocenters. The van der Waals surface area contributed by atoms with E-state index < -0.39 is 18.4 Å². The molecule has 7 nitrogen and oxygen atoms in total. The molecular formula is C27H37FN4O3. The van der Waals surface area contributed by atoms with Crippen LogP contribution in [0, 0.1) is 0 Å². The van der Waals surface area contributed by atoms with Crippen molar-refractivity contribution >= 4 is 17.4 Å². The molecular weight excluding hydrogens is 447 g/mol. The van der Waals surface area contributed by atoms with E-state index in [2.05, 4.69) is 16.4 Å². The average Bonchev–Trinajstić information content (AvgIpc) is 2.86. The minimum atomic E-state index is -0.986. The van der Waals surface area contributed by atoms with Crippen molar-refractivity contribution in [1.82, 2.24) is 9.80 Å². The van der Waals surface area contributed by atoms with E-state index in [0.29, 0.717) is 38.8 Å². The van der Waals surface area contributed by atoms with E-state index in [1.807, 2.05) is 30.4 Å². The maximum atomic E-state index is 13.6. The highest BCUT2D eigenvalue weighted by atomic mass is 19.1. The monoisotopic (exact) mass is 484 g/mol. The van der Waals surface area contributed by atoms with Crippen LogP contribution in [0.5, 0.6) is 0 Å². The lowest BCUT2D eigenvalue weighted by Gasteiger charge is -2.37. The Bertz CT molecular complexity index is 927. The summed E-state index contributed by atoms with van der Waals surface area (Å²) in [5, 5.41) is 20.0. The predicted octanol–water partition coefficient (Wildman–Crippen LogP) is 3.36. The van der Waals surface area contributed by atoms with E-state index in [0.717, 1.165) is 55.3 Å². The summed E-state index contributed by atoms with van der Waals surface area (Å²) in [7, 11) is 0. The third kappa shape index (κ3) is 8.49. The number of aliphatic imine (C=N–C) groups is 2. The van der Waals surface area contributed by atoms with Crippen LogP contribution in [0.4, 0.5) is 4.39 Å². The molecule has 3 aliphatic rings. The molecule has 0 saturated carbocycles. The van der Waals surface area contributed by atoms with E-state index >= 15 is 0 Å². The number of hydrogen-bond donors (Lipinski definition) is 2. The average molecular weight is 485 g/mol. The molecule has 2 unspecified atom stereocenters. The van der Waals surface area contributed by atoms with Gasteiger partial charge in [-0.15, -0.1) is 6.58 Å². The van der Waals surface area contributed by atoms with Gasteiger partial charge in [0.05, 0.1) is 24.5 Å². The molecule has 2 heterocycles. The molecule has 0 radical (unpaired) electrons. The number of piperazine rings is 1. The summed E-state index contributed by atoms with van der Waals surface area (Å²) >= 11 is 0.